The molecule has 0 aliphatic carbocycles. The summed E-state index contributed by atoms with van der Waals surface area (Å²) in [6.07, 6.45) is 2.05. The van der Waals surface area contributed by atoms with E-state index in [-0.39, 0.29) is 17.4 Å². The van der Waals surface area contributed by atoms with Crippen LogP contribution in [0.2, 0.25) is 0 Å². The second kappa shape index (κ2) is 3.66. The number of carbonyl (C=O) groups is 1. The molecule has 0 radical (unpaired) electrons. The van der Waals surface area contributed by atoms with Crippen LogP contribution in [0.25, 0.3) is 0 Å². The van der Waals surface area contributed by atoms with Crippen molar-refractivity contribution in [3.8, 4) is 0 Å². The van der Waals surface area contributed by atoms with Crippen molar-refractivity contribution in [2.75, 3.05) is 13.1 Å². The average Bonchev–Trinajstić information content (AvgIpc) is 1.99. The Hall–Kier alpha value is -0.570. The maximum Gasteiger partial charge on any atom is 0.225 e. The zero-order chi connectivity index (χ0) is 10.1. The van der Waals surface area contributed by atoms with Crippen molar-refractivity contribution in [2.24, 2.45) is 11.7 Å². The summed E-state index contributed by atoms with van der Waals surface area (Å²) in [4.78, 5) is 13.5. The quantitative estimate of drug-likeness (QED) is 0.710. The Morgan fingerprint density at radius 1 is 1.62 bits per heavy atom. The van der Waals surface area contributed by atoms with E-state index in [4.69, 9.17) is 5.73 Å². The van der Waals surface area contributed by atoms with Gasteiger partial charge in [-0.2, -0.15) is 0 Å². The first-order valence-electron chi connectivity index (χ1n) is 5.04. The highest BCUT2D eigenvalue weighted by Crippen LogP contribution is 2.21. The summed E-state index contributed by atoms with van der Waals surface area (Å²) in [6.45, 7) is 7.53. The lowest BCUT2D eigenvalue weighted by Gasteiger charge is -2.46. The first kappa shape index (κ1) is 10.5. The van der Waals surface area contributed by atoms with Crippen LogP contribution in [0.1, 0.15) is 33.6 Å². The van der Waals surface area contributed by atoms with E-state index in [9.17, 15) is 4.79 Å². The second-order valence-electron chi connectivity index (χ2n) is 4.54. The van der Waals surface area contributed by atoms with Gasteiger partial charge in [0.25, 0.3) is 0 Å². The molecule has 0 saturated carbocycles. The molecule has 0 bridgehead atoms. The number of hydrogen-bond acceptors (Lipinski definition) is 2. The Balaban J connectivity index is 2.34. The predicted octanol–water partition coefficient (Wildman–Crippen LogP) is 0.982. The minimum absolute atomic E-state index is 0.137. The third-order valence-electron chi connectivity index (χ3n) is 2.56. The van der Waals surface area contributed by atoms with Crippen LogP contribution in [0.4, 0.5) is 0 Å². The van der Waals surface area contributed by atoms with E-state index < -0.39 is 0 Å². The lowest BCUT2D eigenvalue weighted by Crippen LogP contribution is -2.67. The van der Waals surface area contributed by atoms with Crippen LogP contribution in [-0.2, 0) is 4.79 Å². The normalized spacial score (nSPS) is 22.3. The molecule has 1 aliphatic heterocycles. The lowest BCUT2D eigenvalue weighted by molar-refractivity contribution is -0.142. The maximum absolute atomic E-state index is 11.7. The van der Waals surface area contributed by atoms with Gasteiger partial charge in [0.1, 0.15) is 0 Å². The Morgan fingerprint density at radius 2 is 2.15 bits per heavy atom. The molecule has 1 rings (SSSR count). The Morgan fingerprint density at radius 3 is 2.54 bits per heavy atom. The summed E-state index contributed by atoms with van der Waals surface area (Å²) in [5, 5.41) is 0. The summed E-state index contributed by atoms with van der Waals surface area (Å²) in [5.41, 5.74) is 5.69. The van der Waals surface area contributed by atoms with E-state index in [1.54, 1.807) is 0 Å². The molecular formula is C10H20N2O. The standard InChI is InChI=1S/C10H20N2O/c1-4-5-8(2)9(13)12-6-10(3,11)7-12/h8H,4-7,11H2,1-3H3. The Labute approximate surface area is 80.3 Å². The molecule has 1 heterocycles. The van der Waals surface area contributed by atoms with Crippen LogP contribution in [0, 0.1) is 5.92 Å². The first-order chi connectivity index (χ1) is 5.96. The molecule has 1 amide bonds. The molecule has 3 heteroatoms. The summed E-state index contributed by atoms with van der Waals surface area (Å²) < 4.78 is 0. The van der Waals surface area contributed by atoms with Gasteiger partial charge in [0.2, 0.25) is 5.91 Å². The van der Waals surface area contributed by atoms with Crippen molar-refractivity contribution in [3.05, 3.63) is 0 Å². The number of nitrogens with two attached hydrogens (primary N) is 1. The monoisotopic (exact) mass is 184 g/mol. The van der Waals surface area contributed by atoms with Gasteiger partial charge in [-0.3, -0.25) is 4.79 Å². The number of likely N-dealkylation sites (tertiary alicyclic amines) is 1. The minimum atomic E-state index is -0.137. The molecule has 13 heavy (non-hydrogen) atoms. The zero-order valence-electron chi connectivity index (χ0n) is 8.84. The molecule has 76 valence electrons. The van der Waals surface area contributed by atoms with E-state index in [1.807, 2.05) is 18.7 Å². The molecule has 1 aliphatic rings. The zero-order valence-corrected chi connectivity index (χ0v) is 8.84. The predicted molar refractivity (Wildman–Crippen MR) is 53.2 cm³/mol. The van der Waals surface area contributed by atoms with Crippen molar-refractivity contribution < 1.29 is 4.79 Å². The lowest BCUT2D eigenvalue weighted by atomic mass is 9.91. The van der Waals surface area contributed by atoms with Gasteiger partial charge in [0, 0.05) is 24.5 Å². The van der Waals surface area contributed by atoms with Crippen molar-refractivity contribution in [2.45, 2.75) is 39.2 Å². The number of hydrogen-bond donors (Lipinski definition) is 1. The van der Waals surface area contributed by atoms with E-state index in [2.05, 4.69) is 6.92 Å². The number of carbonyl (C=O) groups excluding carboxylic acids is 1. The molecule has 2 N–H and O–H groups in total. The molecule has 0 spiro atoms. The number of amides is 1. The summed E-state index contributed by atoms with van der Waals surface area (Å²) >= 11 is 0. The fourth-order valence-corrected chi connectivity index (χ4v) is 1.85. The third-order valence-corrected chi connectivity index (χ3v) is 2.56. The van der Waals surface area contributed by atoms with Gasteiger partial charge in [0.05, 0.1) is 0 Å². The smallest absolute Gasteiger partial charge is 0.225 e. The second-order valence-corrected chi connectivity index (χ2v) is 4.54. The number of rotatable bonds is 3. The van der Waals surface area contributed by atoms with Crippen LogP contribution >= 0.6 is 0 Å². The topological polar surface area (TPSA) is 46.3 Å². The fourth-order valence-electron chi connectivity index (χ4n) is 1.85. The van der Waals surface area contributed by atoms with Gasteiger partial charge in [0.15, 0.2) is 0 Å². The Kier molecular flexibility index (Phi) is 2.96. The van der Waals surface area contributed by atoms with Gasteiger partial charge in [-0.05, 0) is 13.3 Å². The third kappa shape index (κ3) is 2.44. The van der Waals surface area contributed by atoms with Crippen LogP contribution < -0.4 is 5.73 Å². The highest BCUT2D eigenvalue weighted by Gasteiger charge is 2.38. The highest BCUT2D eigenvalue weighted by molar-refractivity contribution is 5.79. The van der Waals surface area contributed by atoms with Crippen LogP contribution in [0.15, 0.2) is 0 Å². The molecule has 0 aromatic carbocycles. The summed E-state index contributed by atoms with van der Waals surface area (Å²) in [5.74, 6) is 0.436. The van der Waals surface area contributed by atoms with Crippen LogP contribution in [-0.4, -0.2) is 29.4 Å². The van der Waals surface area contributed by atoms with E-state index in [0.717, 1.165) is 25.9 Å². The SMILES string of the molecule is CCCC(C)C(=O)N1CC(C)(N)C1. The van der Waals surface area contributed by atoms with E-state index >= 15 is 0 Å². The van der Waals surface area contributed by atoms with Gasteiger partial charge in [-0.15, -0.1) is 0 Å². The van der Waals surface area contributed by atoms with Crippen LogP contribution in [0.5, 0.6) is 0 Å². The first-order valence-corrected chi connectivity index (χ1v) is 5.04. The van der Waals surface area contributed by atoms with Gasteiger partial charge < -0.3 is 10.6 Å². The van der Waals surface area contributed by atoms with Crippen molar-refractivity contribution in [3.63, 3.8) is 0 Å². The molecule has 0 aromatic rings. The molecule has 1 saturated heterocycles. The van der Waals surface area contributed by atoms with Crippen molar-refractivity contribution >= 4 is 5.91 Å². The van der Waals surface area contributed by atoms with Gasteiger partial charge >= 0.3 is 0 Å². The van der Waals surface area contributed by atoms with Crippen molar-refractivity contribution in [1.82, 2.24) is 4.90 Å². The van der Waals surface area contributed by atoms with Crippen molar-refractivity contribution in [1.29, 1.82) is 0 Å². The summed E-state index contributed by atoms with van der Waals surface area (Å²) in [6, 6.07) is 0. The minimum Gasteiger partial charge on any atom is -0.339 e. The molecular weight excluding hydrogens is 164 g/mol. The molecule has 1 fully saturated rings. The van der Waals surface area contributed by atoms with Gasteiger partial charge in [-0.1, -0.05) is 20.3 Å². The molecule has 0 aromatic heterocycles. The molecule has 3 nitrogen and oxygen atoms in total. The van der Waals surface area contributed by atoms with E-state index in [1.165, 1.54) is 0 Å². The van der Waals surface area contributed by atoms with E-state index in [0.29, 0.717) is 0 Å². The van der Waals surface area contributed by atoms with Gasteiger partial charge in [-0.25, -0.2) is 0 Å². The largest absolute Gasteiger partial charge is 0.339 e. The average molecular weight is 184 g/mol. The Bertz CT molecular complexity index is 193. The maximum atomic E-state index is 11.7. The van der Waals surface area contributed by atoms with Crippen LogP contribution in [0.3, 0.4) is 0 Å². The fraction of sp³-hybridized carbons (Fsp3) is 0.900. The molecule has 1 atom stereocenters. The summed E-state index contributed by atoms with van der Waals surface area (Å²) in [7, 11) is 0. The molecule has 1 unspecified atom stereocenters. The highest BCUT2D eigenvalue weighted by atomic mass is 16.2. The number of nitrogens with zero attached hydrogens (tertiary/aromatic N) is 1.